The lowest BCUT2D eigenvalue weighted by Crippen LogP contribution is -2.16. The summed E-state index contributed by atoms with van der Waals surface area (Å²) >= 11 is 0. The van der Waals surface area contributed by atoms with Crippen LogP contribution in [0.4, 0.5) is 0 Å². The molecule has 0 heterocycles. The van der Waals surface area contributed by atoms with E-state index < -0.39 is 0 Å². The van der Waals surface area contributed by atoms with Crippen molar-refractivity contribution in [3.63, 3.8) is 0 Å². The van der Waals surface area contributed by atoms with Gasteiger partial charge < -0.3 is 15.3 Å². The molecule has 1 unspecified atom stereocenters. The maximum Gasteiger partial charge on any atom is 0.129 e. The van der Waals surface area contributed by atoms with Crippen LogP contribution >= 0.6 is 0 Å². The summed E-state index contributed by atoms with van der Waals surface area (Å²) in [6.45, 7) is 8.09. The molecule has 0 fully saturated rings. The standard InChI is InChI=1S/C16H25NO2/c1-11(18)6-8-14(17)13-10-12(16(2,3)4)7-9-15(13)19-5/h7,9-10,14H,6,8,17H2,1-5H3. The normalized spacial score (nSPS) is 13.2. The molecule has 106 valence electrons. The third-order valence-corrected chi connectivity index (χ3v) is 3.30. The Morgan fingerprint density at radius 3 is 2.47 bits per heavy atom. The average molecular weight is 263 g/mol. The van der Waals surface area contributed by atoms with Gasteiger partial charge in [0.1, 0.15) is 11.5 Å². The maximum atomic E-state index is 11.1. The molecule has 0 spiro atoms. The molecule has 3 nitrogen and oxygen atoms in total. The zero-order chi connectivity index (χ0) is 14.6. The molecule has 1 atom stereocenters. The molecule has 0 aromatic heterocycles. The second-order valence-electron chi connectivity index (χ2n) is 6.05. The van der Waals surface area contributed by atoms with Gasteiger partial charge in [0.2, 0.25) is 0 Å². The van der Waals surface area contributed by atoms with E-state index in [0.29, 0.717) is 12.8 Å². The van der Waals surface area contributed by atoms with E-state index in [0.717, 1.165) is 11.3 Å². The Morgan fingerprint density at radius 1 is 1.37 bits per heavy atom. The first-order valence-corrected chi connectivity index (χ1v) is 6.69. The molecule has 0 aliphatic heterocycles. The fraction of sp³-hybridized carbons (Fsp3) is 0.562. The van der Waals surface area contributed by atoms with Crippen molar-refractivity contribution < 1.29 is 9.53 Å². The van der Waals surface area contributed by atoms with Crippen LogP contribution in [0.5, 0.6) is 5.75 Å². The second kappa shape index (κ2) is 6.20. The quantitative estimate of drug-likeness (QED) is 0.886. The maximum absolute atomic E-state index is 11.1. The van der Waals surface area contributed by atoms with E-state index in [1.165, 1.54) is 5.56 Å². The zero-order valence-corrected chi connectivity index (χ0v) is 12.6. The molecule has 0 amide bonds. The first kappa shape index (κ1) is 15.7. The number of hydrogen-bond donors (Lipinski definition) is 1. The summed E-state index contributed by atoms with van der Waals surface area (Å²) in [5.41, 5.74) is 8.48. The Hall–Kier alpha value is -1.35. The lowest BCUT2D eigenvalue weighted by molar-refractivity contribution is -0.117. The van der Waals surface area contributed by atoms with Crippen LogP contribution in [0.1, 0.15) is 57.7 Å². The highest BCUT2D eigenvalue weighted by Gasteiger charge is 2.19. The molecular weight excluding hydrogens is 238 g/mol. The van der Waals surface area contributed by atoms with E-state index in [4.69, 9.17) is 10.5 Å². The van der Waals surface area contributed by atoms with Gasteiger partial charge >= 0.3 is 0 Å². The SMILES string of the molecule is COc1ccc(C(C)(C)C)cc1C(N)CCC(C)=O. The molecule has 0 radical (unpaired) electrons. The molecule has 1 aromatic carbocycles. The molecule has 1 aromatic rings. The van der Waals surface area contributed by atoms with Crippen molar-refractivity contribution in [2.45, 2.75) is 52.0 Å². The van der Waals surface area contributed by atoms with E-state index in [9.17, 15) is 4.79 Å². The van der Waals surface area contributed by atoms with Crippen LogP contribution in [0.15, 0.2) is 18.2 Å². The van der Waals surface area contributed by atoms with Crippen molar-refractivity contribution in [2.24, 2.45) is 5.73 Å². The summed E-state index contributed by atoms with van der Waals surface area (Å²) in [7, 11) is 1.65. The van der Waals surface area contributed by atoms with Crippen LogP contribution < -0.4 is 10.5 Å². The van der Waals surface area contributed by atoms with Crippen molar-refractivity contribution in [1.82, 2.24) is 0 Å². The van der Waals surface area contributed by atoms with Gasteiger partial charge in [-0.25, -0.2) is 0 Å². The lowest BCUT2D eigenvalue weighted by Gasteiger charge is -2.23. The van der Waals surface area contributed by atoms with Gasteiger partial charge in [0.15, 0.2) is 0 Å². The van der Waals surface area contributed by atoms with Crippen molar-refractivity contribution in [3.8, 4) is 5.75 Å². The Labute approximate surface area is 116 Å². The Kier molecular flexibility index (Phi) is 5.12. The van der Waals surface area contributed by atoms with Gasteiger partial charge in [-0.2, -0.15) is 0 Å². The third kappa shape index (κ3) is 4.35. The highest BCUT2D eigenvalue weighted by atomic mass is 16.5. The number of nitrogens with two attached hydrogens (primary N) is 1. The second-order valence-corrected chi connectivity index (χ2v) is 6.05. The molecule has 0 saturated carbocycles. The van der Waals surface area contributed by atoms with E-state index >= 15 is 0 Å². The van der Waals surface area contributed by atoms with Gasteiger partial charge in [-0.1, -0.05) is 32.9 Å². The minimum Gasteiger partial charge on any atom is -0.496 e. The fourth-order valence-corrected chi connectivity index (χ4v) is 2.00. The Morgan fingerprint density at radius 2 is 2.00 bits per heavy atom. The minimum atomic E-state index is -0.166. The molecule has 2 N–H and O–H groups in total. The smallest absolute Gasteiger partial charge is 0.129 e. The number of carbonyl (C=O) groups is 1. The fourth-order valence-electron chi connectivity index (χ4n) is 2.00. The topological polar surface area (TPSA) is 52.3 Å². The molecule has 0 saturated heterocycles. The zero-order valence-electron chi connectivity index (χ0n) is 12.6. The largest absolute Gasteiger partial charge is 0.496 e. The predicted molar refractivity (Wildman–Crippen MR) is 78.5 cm³/mol. The van der Waals surface area contributed by atoms with Crippen molar-refractivity contribution in [3.05, 3.63) is 29.3 Å². The predicted octanol–water partition coefficient (Wildman–Crippen LogP) is 3.36. The van der Waals surface area contributed by atoms with Gasteiger partial charge in [-0.3, -0.25) is 0 Å². The average Bonchev–Trinajstić information content (AvgIpc) is 2.33. The van der Waals surface area contributed by atoms with Crippen molar-refractivity contribution in [2.75, 3.05) is 7.11 Å². The number of methoxy groups -OCH3 is 1. The molecule has 3 heteroatoms. The Bertz CT molecular complexity index is 447. The minimum absolute atomic E-state index is 0.0708. The van der Waals surface area contributed by atoms with Crippen LogP contribution in [-0.4, -0.2) is 12.9 Å². The summed E-state index contributed by atoms with van der Waals surface area (Å²) in [6.07, 6.45) is 1.16. The highest BCUT2D eigenvalue weighted by Crippen LogP contribution is 2.32. The van der Waals surface area contributed by atoms with Gasteiger partial charge in [-0.15, -0.1) is 0 Å². The first-order valence-electron chi connectivity index (χ1n) is 6.69. The number of Topliss-reactive ketones (excluding diaryl/α,β-unsaturated/α-hetero) is 1. The monoisotopic (exact) mass is 263 g/mol. The summed E-state index contributed by atoms with van der Waals surface area (Å²) in [4.78, 5) is 11.1. The highest BCUT2D eigenvalue weighted by molar-refractivity contribution is 5.75. The number of ketones is 1. The van der Waals surface area contributed by atoms with E-state index in [1.807, 2.05) is 6.07 Å². The first-order chi connectivity index (χ1) is 8.75. The molecular formula is C16H25NO2. The molecule has 0 aliphatic carbocycles. The lowest BCUT2D eigenvalue weighted by atomic mass is 9.85. The number of benzene rings is 1. The van der Waals surface area contributed by atoms with Gasteiger partial charge in [0.25, 0.3) is 0 Å². The molecule has 19 heavy (non-hydrogen) atoms. The summed E-state index contributed by atoms with van der Waals surface area (Å²) < 4.78 is 5.38. The molecule has 0 bridgehead atoms. The van der Waals surface area contributed by atoms with Crippen molar-refractivity contribution >= 4 is 5.78 Å². The van der Waals surface area contributed by atoms with Crippen LogP contribution in [-0.2, 0) is 10.2 Å². The number of carbonyl (C=O) groups excluding carboxylic acids is 1. The van der Waals surface area contributed by atoms with E-state index in [-0.39, 0.29) is 17.2 Å². The third-order valence-electron chi connectivity index (χ3n) is 3.30. The van der Waals surface area contributed by atoms with Gasteiger partial charge in [0, 0.05) is 18.0 Å². The van der Waals surface area contributed by atoms with Crippen molar-refractivity contribution in [1.29, 1.82) is 0 Å². The Balaban J connectivity index is 3.05. The van der Waals surface area contributed by atoms with E-state index in [1.54, 1.807) is 14.0 Å². The summed E-state index contributed by atoms with van der Waals surface area (Å²) in [5, 5.41) is 0. The number of ether oxygens (including phenoxy) is 1. The molecule has 0 aliphatic rings. The number of rotatable bonds is 5. The number of hydrogen-bond acceptors (Lipinski definition) is 3. The van der Waals surface area contributed by atoms with E-state index in [2.05, 4.69) is 32.9 Å². The molecule has 1 rings (SSSR count). The van der Waals surface area contributed by atoms with Gasteiger partial charge in [-0.05, 0) is 30.4 Å². The van der Waals surface area contributed by atoms with Crippen LogP contribution in [0.3, 0.4) is 0 Å². The van der Waals surface area contributed by atoms with Crippen LogP contribution in [0, 0.1) is 0 Å². The van der Waals surface area contributed by atoms with Gasteiger partial charge in [0.05, 0.1) is 7.11 Å². The summed E-state index contributed by atoms with van der Waals surface area (Å²) in [5.74, 6) is 0.963. The van der Waals surface area contributed by atoms with Crippen LogP contribution in [0.25, 0.3) is 0 Å². The summed E-state index contributed by atoms with van der Waals surface area (Å²) in [6, 6.07) is 5.97. The van der Waals surface area contributed by atoms with Crippen LogP contribution in [0.2, 0.25) is 0 Å².